The monoisotopic (exact) mass is 297 g/mol. The average Bonchev–Trinajstić information content (AvgIpc) is 2.37. The van der Waals surface area contributed by atoms with Crippen molar-refractivity contribution in [3.8, 4) is 0 Å². The van der Waals surface area contributed by atoms with Gasteiger partial charge in [-0.05, 0) is 25.0 Å². The molecule has 1 saturated heterocycles. The van der Waals surface area contributed by atoms with Gasteiger partial charge in [0, 0.05) is 24.7 Å². The standard InChI is InChI=1S/C13H16ClN3O3/c14-10-6-8(15)5-9(13(19)20)11(10)17-3-1-7(2-4-17)12(16)18/h5-7H,1-4,15H2,(H2,16,18)(H,19,20). The third-order valence-corrected chi connectivity index (χ3v) is 3.82. The van der Waals surface area contributed by atoms with Gasteiger partial charge in [-0.2, -0.15) is 0 Å². The smallest absolute Gasteiger partial charge is 0.337 e. The number of carboxylic acid groups (broad SMARTS) is 1. The molecule has 2 rings (SSSR count). The summed E-state index contributed by atoms with van der Waals surface area (Å²) < 4.78 is 0. The fourth-order valence-corrected chi connectivity index (χ4v) is 2.84. The lowest BCUT2D eigenvalue weighted by Crippen LogP contribution is -2.39. The summed E-state index contributed by atoms with van der Waals surface area (Å²) in [6, 6.07) is 2.92. The third-order valence-electron chi connectivity index (χ3n) is 3.53. The zero-order valence-electron chi connectivity index (χ0n) is 10.8. The van der Waals surface area contributed by atoms with Gasteiger partial charge in [0.2, 0.25) is 5.91 Å². The van der Waals surface area contributed by atoms with Gasteiger partial charge in [0.25, 0.3) is 0 Å². The van der Waals surface area contributed by atoms with Crippen LogP contribution < -0.4 is 16.4 Å². The van der Waals surface area contributed by atoms with E-state index < -0.39 is 5.97 Å². The minimum absolute atomic E-state index is 0.0764. The van der Waals surface area contributed by atoms with E-state index in [1.54, 1.807) is 0 Å². The Bertz CT molecular complexity index is 554. The molecule has 1 aliphatic heterocycles. The fraction of sp³-hybridized carbons (Fsp3) is 0.385. The minimum Gasteiger partial charge on any atom is -0.478 e. The molecule has 0 aliphatic carbocycles. The van der Waals surface area contributed by atoms with Crippen LogP contribution in [0.3, 0.4) is 0 Å². The van der Waals surface area contributed by atoms with E-state index in [9.17, 15) is 14.7 Å². The lowest BCUT2D eigenvalue weighted by molar-refractivity contribution is -0.122. The lowest BCUT2D eigenvalue weighted by Gasteiger charge is -2.33. The number of anilines is 2. The molecule has 1 aliphatic rings. The van der Waals surface area contributed by atoms with Gasteiger partial charge < -0.3 is 21.5 Å². The van der Waals surface area contributed by atoms with Crippen molar-refractivity contribution in [1.29, 1.82) is 0 Å². The first kappa shape index (κ1) is 14.5. The number of amides is 1. The maximum absolute atomic E-state index is 11.3. The highest BCUT2D eigenvalue weighted by molar-refractivity contribution is 6.34. The Balaban J connectivity index is 2.30. The molecule has 1 aromatic carbocycles. The van der Waals surface area contributed by atoms with E-state index in [1.807, 2.05) is 4.90 Å². The summed E-state index contributed by atoms with van der Waals surface area (Å²) in [7, 11) is 0. The molecule has 0 spiro atoms. The summed E-state index contributed by atoms with van der Waals surface area (Å²) in [4.78, 5) is 24.3. The first-order chi connectivity index (χ1) is 9.40. The number of benzene rings is 1. The number of nitrogens with zero attached hydrogens (tertiary/aromatic N) is 1. The Hall–Kier alpha value is -1.95. The maximum Gasteiger partial charge on any atom is 0.337 e. The average molecular weight is 298 g/mol. The molecule has 0 saturated carbocycles. The van der Waals surface area contributed by atoms with Crippen LogP contribution in [0.4, 0.5) is 11.4 Å². The van der Waals surface area contributed by atoms with E-state index in [2.05, 4.69) is 0 Å². The molecule has 1 fully saturated rings. The van der Waals surface area contributed by atoms with Crippen molar-refractivity contribution < 1.29 is 14.7 Å². The van der Waals surface area contributed by atoms with Gasteiger partial charge in [0.15, 0.2) is 0 Å². The number of halogens is 1. The second kappa shape index (κ2) is 5.58. The number of hydrogen-bond acceptors (Lipinski definition) is 4. The number of carboxylic acids is 1. The van der Waals surface area contributed by atoms with Gasteiger partial charge in [-0.15, -0.1) is 0 Å². The summed E-state index contributed by atoms with van der Waals surface area (Å²) in [5.74, 6) is -1.55. The van der Waals surface area contributed by atoms with E-state index in [4.69, 9.17) is 23.1 Å². The van der Waals surface area contributed by atoms with Gasteiger partial charge in [-0.3, -0.25) is 4.79 Å². The van der Waals surface area contributed by atoms with E-state index in [1.165, 1.54) is 12.1 Å². The quantitative estimate of drug-likeness (QED) is 0.729. The van der Waals surface area contributed by atoms with Gasteiger partial charge in [0.1, 0.15) is 0 Å². The zero-order valence-corrected chi connectivity index (χ0v) is 11.6. The van der Waals surface area contributed by atoms with Crippen LogP contribution in [0.1, 0.15) is 23.2 Å². The highest BCUT2D eigenvalue weighted by Gasteiger charge is 2.27. The summed E-state index contributed by atoms with van der Waals surface area (Å²) in [5.41, 5.74) is 11.8. The van der Waals surface area contributed by atoms with Crippen LogP contribution >= 0.6 is 11.6 Å². The molecule has 108 valence electrons. The fourth-order valence-electron chi connectivity index (χ4n) is 2.49. The second-order valence-electron chi connectivity index (χ2n) is 4.87. The molecule has 0 bridgehead atoms. The molecular weight excluding hydrogens is 282 g/mol. The zero-order chi connectivity index (χ0) is 14.9. The Labute approximate surface area is 121 Å². The van der Waals surface area contributed by atoms with Crippen molar-refractivity contribution >= 4 is 34.9 Å². The first-order valence-corrected chi connectivity index (χ1v) is 6.64. The van der Waals surface area contributed by atoms with Crippen LogP contribution in [0.2, 0.25) is 5.02 Å². The van der Waals surface area contributed by atoms with Crippen molar-refractivity contribution in [3.63, 3.8) is 0 Å². The van der Waals surface area contributed by atoms with Crippen molar-refractivity contribution in [1.82, 2.24) is 0 Å². The van der Waals surface area contributed by atoms with E-state index >= 15 is 0 Å². The number of primary amides is 1. The van der Waals surface area contributed by atoms with Gasteiger partial charge >= 0.3 is 5.97 Å². The molecule has 6 nitrogen and oxygen atoms in total. The van der Waals surface area contributed by atoms with Crippen LogP contribution in [0, 0.1) is 5.92 Å². The van der Waals surface area contributed by atoms with Crippen molar-refractivity contribution in [2.75, 3.05) is 23.7 Å². The topological polar surface area (TPSA) is 110 Å². The number of aromatic carboxylic acids is 1. The van der Waals surface area contributed by atoms with Crippen molar-refractivity contribution in [2.24, 2.45) is 11.7 Å². The Kier molecular flexibility index (Phi) is 4.04. The number of carbonyl (C=O) groups is 2. The summed E-state index contributed by atoms with van der Waals surface area (Å²) in [6.45, 7) is 1.08. The highest BCUT2D eigenvalue weighted by Crippen LogP contribution is 2.35. The summed E-state index contributed by atoms with van der Waals surface area (Å²) >= 11 is 6.13. The van der Waals surface area contributed by atoms with Gasteiger partial charge in [0.05, 0.1) is 16.3 Å². The molecular formula is C13H16ClN3O3. The Morgan fingerprint density at radius 3 is 2.40 bits per heavy atom. The van der Waals surface area contributed by atoms with Crippen LogP contribution in [0.15, 0.2) is 12.1 Å². The van der Waals surface area contributed by atoms with E-state index in [0.29, 0.717) is 42.3 Å². The summed E-state index contributed by atoms with van der Waals surface area (Å²) in [5, 5.41) is 9.58. The minimum atomic E-state index is -1.08. The van der Waals surface area contributed by atoms with Gasteiger partial charge in [-0.1, -0.05) is 11.6 Å². The number of hydrogen-bond donors (Lipinski definition) is 3. The van der Waals surface area contributed by atoms with Gasteiger partial charge in [-0.25, -0.2) is 4.79 Å². The molecule has 7 heteroatoms. The number of nitrogens with two attached hydrogens (primary N) is 2. The van der Waals surface area contributed by atoms with Crippen LogP contribution in [-0.2, 0) is 4.79 Å². The molecule has 20 heavy (non-hydrogen) atoms. The predicted molar refractivity (Wildman–Crippen MR) is 77.0 cm³/mol. The second-order valence-corrected chi connectivity index (χ2v) is 5.27. The third kappa shape index (κ3) is 2.80. The van der Waals surface area contributed by atoms with Crippen molar-refractivity contribution in [2.45, 2.75) is 12.8 Å². The molecule has 1 amide bonds. The SMILES string of the molecule is NC(=O)C1CCN(c2c(Cl)cc(N)cc2C(=O)O)CC1. The lowest BCUT2D eigenvalue weighted by atomic mass is 9.95. The molecule has 0 aromatic heterocycles. The Morgan fingerprint density at radius 2 is 1.90 bits per heavy atom. The maximum atomic E-state index is 11.3. The van der Waals surface area contributed by atoms with Crippen LogP contribution in [0.25, 0.3) is 0 Å². The molecule has 0 atom stereocenters. The largest absolute Gasteiger partial charge is 0.478 e. The highest BCUT2D eigenvalue weighted by atomic mass is 35.5. The Morgan fingerprint density at radius 1 is 1.30 bits per heavy atom. The molecule has 0 unspecified atom stereocenters. The number of piperidine rings is 1. The molecule has 1 heterocycles. The first-order valence-electron chi connectivity index (χ1n) is 6.26. The summed E-state index contributed by atoms with van der Waals surface area (Å²) in [6.07, 6.45) is 1.18. The molecule has 5 N–H and O–H groups in total. The normalized spacial score (nSPS) is 16.1. The molecule has 1 aromatic rings. The van der Waals surface area contributed by atoms with Crippen LogP contribution in [-0.4, -0.2) is 30.1 Å². The number of nitrogen functional groups attached to an aromatic ring is 1. The van der Waals surface area contributed by atoms with Crippen LogP contribution in [0.5, 0.6) is 0 Å². The number of carbonyl (C=O) groups excluding carboxylic acids is 1. The predicted octanol–water partition coefficient (Wildman–Crippen LogP) is 1.32. The van der Waals surface area contributed by atoms with E-state index in [-0.39, 0.29) is 17.4 Å². The molecule has 0 radical (unpaired) electrons. The number of rotatable bonds is 3. The van der Waals surface area contributed by atoms with Crippen molar-refractivity contribution in [3.05, 3.63) is 22.7 Å². The van der Waals surface area contributed by atoms with E-state index in [0.717, 1.165) is 0 Å².